The van der Waals surface area contributed by atoms with E-state index in [2.05, 4.69) is 20.3 Å². The van der Waals surface area contributed by atoms with Crippen molar-refractivity contribution in [3.63, 3.8) is 0 Å². The van der Waals surface area contributed by atoms with Gasteiger partial charge in [0.05, 0.1) is 12.6 Å². The number of amides is 2. The Kier molecular flexibility index (Phi) is 6.18. The number of ether oxygens (including phenoxy) is 1. The van der Waals surface area contributed by atoms with Crippen molar-refractivity contribution >= 4 is 17.6 Å². The molecule has 0 saturated carbocycles. The van der Waals surface area contributed by atoms with Crippen LogP contribution in [-0.4, -0.2) is 44.4 Å². The van der Waals surface area contributed by atoms with Gasteiger partial charge in [-0.3, -0.25) is 14.6 Å². The third kappa shape index (κ3) is 4.82. The summed E-state index contributed by atoms with van der Waals surface area (Å²) >= 11 is 0. The number of fused-ring (bicyclic) bond motifs is 1. The van der Waals surface area contributed by atoms with E-state index in [9.17, 15) is 22.8 Å². The van der Waals surface area contributed by atoms with Crippen molar-refractivity contribution in [2.75, 3.05) is 11.9 Å². The smallest absolute Gasteiger partial charge is 0.422 e. The first-order valence-corrected chi connectivity index (χ1v) is 10.3. The Morgan fingerprint density at radius 1 is 1.21 bits per heavy atom. The molecule has 0 bridgehead atoms. The molecule has 0 fully saturated rings. The summed E-state index contributed by atoms with van der Waals surface area (Å²) in [5.74, 6) is -0.558. The molecule has 2 amide bonds. The minimum atomic E-state index is -4.47. The van der Waals surface area contributed by atoms with Crippen molar-refractivity contribution in [1.29, 1.82) is 0 Å². The zero-order chi connectivity index (χ0) is 24.5. The van der Waals surface area contributed by atoms with Crippen molar-refractivity contribution < 1.29 is 27.5 Å². The van der Waals surface area contributed by atoms with Crippen molar-refractivity contribution in [2.24, 2.45) is 0 Å². The lowest BCUT2D eigenvalue weighted by atomic mass is 10.1. The zero-order valence-electron chi connectivity index (χ0n) is 18.3. The second-order valence-electron chi connectivity index (χ2n) is 7.76. The molecule has 1 unspecified atom stereocenters. The van der Waals surface area contributed by atoms with Crippen LogP contribution in [0.4, 0.5) is 19.0 Å². The van der Waals surface area contributed by atoms with Crippen LogP contribution >= 0.6 is 0 Å². The van der Waals surface area contributed by atoms with Gasteiger partial charge in [-0.25, -0.2) is 9.97 Å². The largest absolute Gasteiger partial charge is 0.468 e. The average Bonchev–Trinajstić information content (AvgIpc) is 3.15. The number of halogens is 3. The van der Waals surface area contributed by atoms with Crippen LogP contribution in [0.2, 0.25) is 0 Å². The summed E-state index contributed by atoms with van der Waals surface area (Å²) in [6.45, 7) is 2.13. The Labute approximate surface area is 192 Å². The molecule has 4 rings (SSSR count). The van der Waals surface area contributed by atoms with Gasteiger partial charge in [0, 0.05) is 35.3 Å². The number of nitrogens with zero attached hydrogens (tertiary/aromatic N) is 4. The highest BCUT2D eigenvalue weighted by molar-refractivity contribution is 6.05. The van der Waals surface area contributed by atoms with E-state index in [0.717, 1.165) is 0 Å². The van der Waals surface area contributed by atoms with E-state index in [1.165, 1.54) is 18.6 Å². The number of aromatic nitrogens is 3. The van der Waals surface area contributed by atoms with E-state index < -0.39 is 24.7 Å². The van der Waals surface area contributed by atoms with Gasteiger partial charge in [-0.1, -0.05) is 6.07 Å². The van der Waals surface area contributed by atoms with E-state index in [4.69, 9.17) is 4.74 Å². The first-order valence-electron chi connectivity index (χ1n) is 10.3. The summed E-state index contributed by atoms with van der Waals surface area (Å²) < 4.78 is 42.1. The van der Waals surface area contributed by atoms with Crippen LogP contribution in [0, 0.1) is 6.92 Å². The van der Waals surface area contributed by atoms with E-state index in [1.54, 1.807) is 49.1 Å². The van der Waals surface area contributed by atoms with Crippen LogP contribution in [0.15, 0.2) is 48.9 Å². The molecular weight excluding hydrogens is 451 g/mol. The number of anilines is 1. The highest BCUT2D eigenvalue weighted by Crippen LogP contribution is 2.34. The molecule has 3 aromatic heterocycles. The number of alkyl halides is 3. The zero-order valence-corrected chi connectivity index (χ0v) is 18.3. The number of carbonyl (C=O) groups excluding carboxylic acids is 2. The molecule has 4 heterocycles. The Morgan fingerprint density at radius 3 is 2.68 bits per heavy atom. The first-order chi connectivity index (χ1) is 16.1. The van der Waals surface area contributed by atoms with Crippen molar-refractivity contribution in [2.45, 2.75) is 32.6 Å². The predicted molar refractivity (Wildman–Crippen MR) is 115 cm³/mol. The quantitative estimate of drug-likeness (QED) is 0.582. The van der Waals surface area contributed by atoms with Crippen LogP contribution in [0.1, 0.15) is 50.5 Å². The van der Waals surface area contributed by atoms with Crippen LogP contribution in [0.3, 0.4) is 0 Å². The summed E-state index contributed by atoms with van der Waals surface area (Å²) in [5, 5.41) is 2.71. The van der Waals surface area contributed by atoms with Gasteiger partial charge in [-0.15, -0.1) is 0 Å². The Bertz CT molecular complexity index is 1230. The van der Waals surface area contributed by atoms with E-state index in [0.29, 0.717) is 22.3 Å². The lowest BCUT2D eigenvalue weighted by Crippen LogP contribution is -2.27. The first kappa shape index (κ1) is 23.1. The SMILES string of the molecule is Cc1cc(C(C)N2Cc3c(ccnc3NC(=O)c3ccccn3)C2=O)cnc1OCC(F)(F)F. The molecule has 34 heavy (non-hydrogen) atoms. The number of carbonyl (C=O) groups is 2. The van der Waals surface area contributed by atoms with Gasteiger partial charge < -0.3 is 15.0 Å². The second-order valence-corrected chi connectivity index (χ2v) is 7.76. The standard InChI is InChI=1S/C23H20F3N5O3/c1-13-9-15(10-29-21(13)34-12-23(24,25)26)14(2)31-11-17-16(22(31)33)6-8-28-19(17)30-20(32)18-5-3-4-7-27-18/h3-10,14H,11-12H2,1-2H3,(H,28,30,32). The predicted octanol–water partition coefficient (Wildman–Crippen LogP) is 4.09. The fraction of sp³-hybridized carbons (Fsp3) is 0.261. The fourth-order valence-electron chi connectivity index (χ4n) is 3.63. The van der Waals surface area contributed by atoms with Gasteiger partial charge in [0.1, 0.15) is 11.5 Å². The Morgan fingerprint density at radius 2 is 2.00 bits per heavy atom. The number of aryl methyl sites for hydroxylation is 1. The van der Waals surface area contributed by atoms with E-state index >= 15 is 0 Å². The minimum absolute atomic E-state index is 0.118. The molecular formula is C23H20F3N5O3. The molecule has 1 atom stereocenters. The molecule has 3 aromatic rings. The van der Waals surface area contributed by atoms with Gasteiger partial charge in [0.25, 0.3) is 11.8 Å². The highest BCUT2D eigenvalue weighted by atomic mass is 19.4. The molecule has 11 heteroatoms. The molecule has 8 nitrogen and oxygen atoms in total. The molecule has 1 aliphatic heterocycles. The number of hydrogen-bond acceptors (Lipinski definition) is 6. The van der Waals surface area contributed by atoms with Crippen LogP contribution in [0.5, 0.6) is 5.88 Å². The minimum Gasteiger partial charge on any atom is -0.468 e. The van der Waals surface area contributed by atoms with Crippen molar-refractivity contribution in [3.05, 3.63) is 76.9 Å². The van der Waals surface area contributed by atoms with Gasteiger partial charge in [0.2, 0.25) is 5.88 Å². The topological polar surface area (TPSA) is 97.3 Å². The maximum absolute atomic E-state index is 13.1. The normalized spacial score (nSPS) is 14.0. The highest BCUT2D eigenvalue weighted by Gasteiger charge is 2.34. The maximum Gasteiger partial charge on any atom is 0.422 e. The molecule has 1 aliphatic rings. The number of nitrogens with one attached hydrogen (secondary N) is 1. The monoisotopic (exact) mass is 471 g/mol. The molecule has 176 valence electrons. The molecule has 0 saturated heterocycles. The van der Waals surface area contributed by atoms with Gasteiger partial charge in [-0.2, -0.15) is 13.2 Å². The van der Waals surface area contributed by atoms with Crippen LogP contribution in [-0.2, 0) is 6.54 Å². The molecule has 1 N–H and O–H groups in total. The lowest BCUT2D eigenvalue weighted by molar-refractivity contribution is -0.154. The second kappa shape index (κ2) is 9.08. The van der Waals surface area contributed by atoms with Crippen LogP contribution in [0.25, 0.3) is 0 Å². The Balaban J connectivity index is 1.52. The molecule has 0 aliphatic carbocycles. The summed E-state index contributed by atoms with van der Waals surface area (Å²) in [6.07, 6.45) is -0.134. The van der Waals surface area contributed by atoms with Gasteiger partial charge in [0.15, 0.2) is 6.61 Å². The third-order valence-electron chi connectivity index (χ3n) is 5.38. The molecule has 0 spiro atoms. The lowest BCUT2D eigenvalue weighted by Gasteiger charge is -2.25. The summed E-state index contributed by atoms with van der Waals surface area (Å²) in [5.41, 5.74) is 2.24. The van der Waals surface area contributed by atoms with Gasteiger partial charge in [-0.05, 0) is 43.7 Å². The number of pyridine rings is 3. The summed E-state index contributed by atoms with van der Waals surface area (Å²) in [6, 6.07) is 7.73. The number of hydrogen-bond donors (Lipinski definition) is 1. The van der Waals surface area contributed by atoms with Crippen molar-refractivity contribution in [1.82, 2.24) is 19.9 Å². The molecule has 0 aromatic carbocycles. The van der Waals surface area contributed by atoms with E-state index in [1.807, 2.05) is 0 Å². The van der Waals surface area contributed by atoms with Crippen molar-refractivity contribution in [3.8, 4) is 5.88 Å². The fourth-order valence-corrected chi connectivity index (χ4v) is 3.63. The van der Waals surface area contributed by atoms with Crippen LogP contribution < -0.4 is 10.1 Å². The van der Waals surface area contributed by atoms with Gasteiger partial charge >= 0.3 is 6.18 Å². The third-order valence-corrected chi connectivity index (χ3v) is 5.38. The summed E-state index contributed by atoms with van der Waals surface area (Å²) in [7, 11) is 0. The number of rotatable bonds is 6. The average molecular weight is 471 g/mol. The van der Waals surface area contributed by atoms with E-state index in [-0.39, 0.29) is 29.8 Å². The Hall–Kier alpha value is -4.02. The summed E-state index contributed by atoms with van der Waals surface area (Å²) in [4.78, 5) is 39.4. The molecule has 0 radical (unpaired) electrons. The maximum atomic E-state index is 13.1.